The van der Waals surface area contributed by atoms with Gasteiger partial charge in [0.2, 0.25) is 0 Å². The number of hydrogen-bond donors (Lipinski definition) is 1. The molecule has 0 aliphatic heterocycles. The van der Waals surface area contributed by atoms with Crippen molar-refractivity contribution in [1.82, 2.24) is 4.98 Å². The third kappa shape index (κ3) is 3.11. The number of nitrogens with two attached hydrogens (primary N) is 1. The molecule has 1 heterocycles. The zero-order chi connectivity index (χ0) is 14.0. The van der Waals surface area contributed by atoms with Crippen LogP contribution in [0.3, 0.4) is 0 Å². The Balaban J connectivity index is 2.45. The first-order chi connectivity index (χ1) is 9.01. The van der Waals surface area contributed by atoms with Crippen LogP contribution in [0.1, 0.15) is 16.8 Å². The van der Waals surface area contributed by atoms with Crippen LogP contribution >= 0.6 is 11.8 Å². The fourth-order valence-electron chi connectivity index (χ4n) is 1.82. The summed E-state index contributed by atoms with van der Waals surface area (Å²) in [7, 11) is 0. The van der Waals surface area contributed by atoms with Crippen molar-refractivity contribution in [2.24, 2.45) is 5.73 Å². The third-order valence-electron chi connectivity index (χ3n) is 2.74. The Morgan fingerprint density at radius 3 is 2.63 bits per heavy atom. The number of pyridine rings is 1. The SMILES string of the molecule is Cc1cc(C)c(CN)c(Sc2cc(F)ccc2F)n1. The quantitative estimate of drug-likeness (QED) is 0.934. The highest BCUT2D eigenvalue weighted by molar-refractivity contribution is 7.99. The second-order valence-electron chi connectivity index (χ2n) is 4.25. The van der Waals surface area contributed by atoms with Gasteiger partial charge in [-0.15, -0.1) is 0 Å². The molecule has 0 bridgehead atoms. The summed E-state index contributed by atoms with van der Waals surface area (Å²) in [4.78, 5) is 4.58. The molecule has 2 aromatic rings. The summed E-state index contributed by atoms with van der Waals surface area (Å²) in [6, 6.07) is 5.30. The van der Waals surface area contributed by atoms with Crippen molar-refractivity contribution in [3.8, 4) is 0 Å². The van der Waals surface area contributed by atoms with Gasteiger partial charge >= 0.3 is 0 Å². The number of benzene rings is 1. The van der Waals surface area contributed by atoms with Gasteiger partial charge in [-0.1, -0.05) is 11.8 Å². The van der Waals surface area contributed by atoms with Gasteiger partial charge in [-0.3, -0.25) is 0 Å². The van der Waals surface area contributed by atoms with Crippen LogP contribution in [0.5, 0.6) is 0 Å². The van der Waals surface area contributed by atoms with E-state index >= 15 is 0 Å². The van der Waals surface area contributed by atoms with E-state index in [1.165, 1.54) is 6.07 Å². The molecule has 0 aliphatic rings. The maximum atomic E-state index is 13.6. The summed E-state index contributed by atoms with van der Waals surface area (Å²) < 4.78 is 26.8. The number of halogens is 2. The third-order valence-corrected chi connectivity index (χ3v) is 3.81. The zero-order valence-electron chi connectivity index (χ0n) is 10.7. The minimum Gasteiger partial charge on any atom is -0.326 e. The minimum atomic E-state index is -0.470. The van der Waals surface area contributed by atoms with Gasteiger partial charge in [0.15, 0.2) is 0 Å². The predicted octanol–water partition coefficient (Wildman–Crippen LogP) is 3.59. The zero-order valence-corrected chi connectivity index (χ0v) is 11.5. The number of nitrogens with zero attached hydrogens (tertiary/aromatic N) is 1. The highest BCUT2D eigenvalue weighted by Crippen LogP contribution is 2.32. The Labute approximate surface area is 115 Å². The molecule has 0 spiro atoms. The van der Waals surface area contributed by atoms with Crippen molar-refractivity contribution in [3.63, 3.8) is 0 Å². The molecule has 2 nitrogen and oxygen atoms in total. The molecule has 0 saturated carbocycles. The van der Waals surface area contributed by atoms with E-state index in [0.717, 1.165) is 40.7 Å². The molecule has 0 fully saturated rings. The van der Waals surface area contributed by atoms with Gasteiger partial charge in [0, 0.05) is 17.8 Å². The van der Waals surface area contributed by atoms with Gasteiger partial charge in [0.1, 0.15) is 16.7 Å². The van der Waals surface area contributed by atoms with Crippen LogP contribution in [0.25, 0.3) is 0 Å². The smallest absolute Gasteiger partial charge is 0.137 e. The van der Waals surface area contributed by atoms with Crippen molar-refractivity contribution in [2.45, 2.75) is 30.3 Å². The van der Waals surface area contributed by atoms with E-state index in [2.05, 4.69) is 4.98 Å². The Kier molecular flexibility index (Phi) is 4.17. The van der Waals surface area contributed by atoms with Crippen LogP contribution in [0, 0.1) is 25.5 Å². The van der Waals surface area contributed by atoms with Gasteiger partial charge in [0.25, 0.3) is 0 Å². The largest absolute Gasteiger partial charge is 0.326 e. The van der Waals surface area contributed by atoms with E-state index in [1.807, 2.05) is 19.9 Å². The Morgan fingerprint density at radius 2 is 1.95 bits per heavy atom. The van der Waals surface area contributed by atoms with E-state index in [1.54, 1.807) is 0 Å². The van der Waals surface area contributed by atoms with Gasteiger partial charge in [-0.2, -0.15) is 0 Å². The summed E-state index contributed by atoms with van der Waals surface area (Å²) >= 11 is 1.10. The molecule has 5 heteroatoms. The summed E-state index contributed by atoms with van der Waals surface area (Å²) in [5.74, 6) is -0.932. The van der Waals surface area contributed by atoms with Gasteiger partial charge in [-0.05, 0) is 43.7 Å². The molecular weight excluding hydrogens is 266 g/mol. The Hall–Kier alpha value is -1.46. The van der Waals surface area contributed by atoms with E-state index in [0.29, 0.717) is 11.6 Å². The second kappa shape index (κ2) is 5.67. The van der Waals surface area contributed by atoms with Crippen LogP contribution in [0.4, 0.5) is 8.78 Å². The lowest BCUT2D eigenvalue weighted by Gasteiger charge is -2.11. The molecule has 2 N–H and O–H groups in total. The first-order valence-electron chi connectivity index (χ1n) is 5.81. The fraction of sp³-hybridized carbons (Fsp3) is 0.214. The maximum absolute atomic E-state index is 13.6. The van der Waals surface area contributed by atoms with E-state index in [4.69, 9.17) is 5.73 Å². The van der Waals surface area contributed by atoms with Crippen LogP contribution in [0.15, 0.2) is 34.2 Å². The summed E-state index contributed by atoms with van der Waals surface area (Å²) in [5.41, 5.74) is 8.40. The molecule has 100 valence electrons. The van der Waals surface area contributed by atoms with Gasteiger partial charge < -0.3 is 5.73 Å². The summed E-state index contributed by atoms with van der Waals surface area (Å²) in [5, 5.41) is 0.629. The van der Waals surface area contributed by atoms with Crippen LogP contribution in [-0.4, -0.2) is 4.98 Å². The van der Waals surface area contributed by atoms with Crippen molar-refractivity contribution in [2.75, 3.05) is 0 Å². The lowest BCUT2D eigenvalue weighted by molar-refractivity contribution is 0.577. The lowest BCUT2D eigenvalue weighted by atomic mass is 10.1. The van der Waals surface area contributed by atoms with Gasteiger partial charge in [0.05, 0.1) is 4.90 Å². The Morgan fingerprint density at radius 1 is 1.21 bits per heavy atom. The topological polar surface area (TPSA) is 38.9 Å². The molecule has 0 saturated heterocycles. The Bertz CT molecular complexity index is 615. The molecule has 2 rings (SSSR count). The van der Waals surface area contributed by atoms with E-state index in [9.17, 15) is 8.78 Å². The summed E-state index contributed by atoms with van der Waals surface area (Å²) in [6.07, 6.45) is 0. The molecular formula is C14H14F2N2S. The molecule has 0 radical (unpaired) electrons. The van der Waals surface area contributed by atoms with Crippen LogP contribution in [0.2, 0.25) is 0 Å². The normalized spacial score (nSPS) is 10.8. The fourth-order valence-corrected chi connectivity index (χ4v) is 2.92. The average Bonchev–Trinajstić information content (AvgIpc) is 2.33. The van der Waals surface area contributed by atoms with Crippen molar-refractivity contribution in [3.05, 3.63) is 52.7 Å². The monoisotopic (exact) mass is 280 g/mol. The second-order valence-corrected chi connectivity index (χ2v) is 5.28. The predicted molar refractivity (Wildman–Crippen MR) is 72.1 cm³/mol. The van der Waals surface area contributed by atoms with Crippen LogP contribution in [-0.2, 0) is 6.54 Å². The van der Waals surface area contributed by atoms with Crippen molar-refractivity contribution >= 4 is 11.8 Å². The molecule has 0 aliphatic carbocycles. The van der Waals surface area contributed by atoms with E-state index in [-0.39, 0.29) is 4.90 Å². The molecule has 19 heavy (non-hydrogen) atoms. The number of rotatable bonds is 3. The van der Waals surface area contributed by atoms with Crippen LogP contribution < -0.4 is 5.73 Å². The molecule has 1 aromatic carbocycles. The van der Waals surface area contributed by atoms with Gasteiger partial charge in [-0.25, -0.2) is 13.8 Å². The first kappa shape index (κ1) is 14.0. The standard InChI is InChI=1S/C14H14F2N2S/c1-8-5-9(2)18-14(11(8)7-17)19-13-6-10(15)3-4-12(13)16/h3-6H,7,17H2,1-2H3. The van der Waals surface area contributed by atoms with Crippen molar-refractivity contribution in [1.29, 1.82) is 0 Å². The number of hydrogen-bond acceptors (Lipinski definition) is 3. The molecule has 0 amide bonds. The summed E-state index contributed by atoms with van der Waals surface area (Å²) in [6.45, 7) is 4.11. The molecule has 1 aromatic heterocycles. The number of aryl methyl sites for hydroxylation is 2. The highest BCUT2D eigenvalue weighted by atomic mass is 32.2. The number of aromatic nitrogens is 1. The van der Waals surface area contributed by atoms with E-state index < -0.39 is 11.6 Å². The first-order valence-corrected chi connectivity index (χ1v) is 6.63. The highest BCUT2D eigenvalue weighted by Gasteiger charge is 2.12. The van der Waals surface area contributed by atoms with Crippen molar-refractivity contribution < 1.29 is 8.78 Å². The maximum Gasteiger partial charge on any atom is 0.137 e. The average molecular weight is 280 g/mol. The lowest BCUT2D eigenvalue weighted by Crippen LogP contribution is -2.04. The minimum absolute atomic E-state index is 0.215. The molecule has 0 unspecified atom stereocenters. The molecule has 0 atom stereocenters.